The summed E-state index contributed by atoms with van der Waals surface area (Å²) in [5.41, 5.74) is 0.621. The van der Waals surface area contributed by atoms with Gasteiger partial charge in [-0.25, -0.2) is 8.78 Å². The summed E-state index contributed by atoms with van der Waals surface area (Å²) in [6.45, 7) is 0.00879. The van der Waals surface area contributed by atoms with Gasteiger partial charge in [-0.2, -0.15) is 0 Å². The molecule has 1 N–H and O–H groups in total. The van der Waals surface area contributed by atoms with E-state index in [4.69, 9.17) is 9.84 Å². The first-order valence-corrected chi connectivity index (χ1v) is 7.64. The number of carbonyl (C=O) groups is 2. The van der Waals surface area contributed by atoms with E-state index >= 15 is 0 Å². The molecule has 0 saturated carbocycles. The fraction of sp³-hybridized carbons (Fsp3) is 0.222. The van der Waals surface area contributed by atoms with Gasteiger partial charge in [-0.05, 0) is 29.8 Å². The first-order chi connectivity index (χ1) is 11.9. The van der Waals surface area contributed by atoms with Crippen LogP contribution in [0.1, 0.15) is 12.0 Å². The average Bonchev–Trinajstić information content (AvgIpc) is 2.95. The third-order valence-corrected chi connectivity index (χ3v) is 3.98. The van der Waals surface area contributed by atoms with Gasteiger partial charge in [0.15, 0.2) is 5.82 Å². The average molecular weight is 347 g/mol. The van der Waals surface area contributed by atoms with Crippen LogP contribution in [0.2, 0.25) is 0 Å². The van der Waals surface area contributed by atoms with Crippen LogP contribution in [0.5, 0.6) is 5.75 Å². The molecule has 1 aliphatic rings. The molecule has 2 aromatic rings. The highest BCUT2D eigenvalue weighted by atomic mass is 19.1. The fourth-order valence-corrected chi connectivity index (χ4v) is 2.70. The topological polar surface area (TPSA) is 66.8 Å². The maximum absolute atomic E-state index is 14.3. The summed E-state index contributed by atoms with van der Waals surface area (Å²) in [6.07, 6.45) is -0.146. The van der Waals surface area contributed by atoms with E-state index in [-0.39, 0.29) is 36.8 Å². The molecule has 0 spiro atoms. The normalized spacial score (nSPS) is 17.0. The second kappa shape index (κ2) is 6.88. The highest BCUT2D eigenvalue weighted by Crippen LogP contribution is 2.30. The number of carboxylic acids is 1. The Morgan fingerprint density at radius 1 is 1.24 bits per heavy atom. The third-order valence-electron chi connectivity index (χ3n) is 3.98. The minimum absolute atomic E-state index is 0.0202. The second-order valence-corrected chi connectivity index (χ2v) is 5.78. The van der Waals surface area contributed by atoms with Crippen LogP contribution in [0.4, 0.5) is 14.5 Å². The maximum Gasteiger partial charge on any atom is 0.308 e. The zero-order valence-corrected chi connectivity index (χ0v) is 13.1. The molecule has 25 heavy (non-hydrogen) atoms. The number of halogens is 2. The Morgan fingerprint density at radius 3 is 2.68 bits per heavy atom. The Kier molecular flexibility index (Phi) is 4.65. The quantitative estimate of drug-likeness (QED) is 0.903. The molecule has 1 heterocycles. The molecule has 7 heteroatoms. The van der Waals surface area contributed by atoms with Crippen molar-refractivity contribution < 1.29 is 28.2 Å². The molecule has 0 aliphatic carbocycles. The van der Waals surface area contributed by atoms with E-state index in [9.17, 15) is 18.4 Å². The van der Waals surface area contributed by atoms with Gasteiger partial charge in [0.25, 0.3) is 0 Å². The number of carboxylic acid groups (broad SMARTS) is 1. The van der Waals surface area contributed by atoms with Gasteiger partial charge in [0.2, 0.25) is 5.91 Å². The zero-order chi connectivity index (χ0) is 18.0. The molecule has 1 aliphatic heterocycles. The van der Waals surface area contributed by atoms with Crippen LogP contribution in [0.15, 0.2) is 42.5 Å². The number of nitrogens with zero attached hydrogens (tertiary/aromatic N) is 1. The largest absolute Gasteiger partial charge is 0.489 e. The predicted molar refractivity (Wildman–Crippen MR) is 85.2 cm³/mol. The molecule has 1 saturated heterocycles. The number of amides is 1. The van der Waals surface area contributed by atoms with Crippen LogP contribution in [0, 0.1) is 17.6 Å². The van der Waals surface area contributed by atoms with Crippen LogP contribution in [0.25, 0.3) is 0 Å². The van der Waals surface area contributed by atoms with E-state index < -0.39 is 23.6 Å². The first kappa shape index (κ1) is 16.9. The molecule has 2 aromatic carbocycles. The van der Waals surface area contributed by atoms with Crippen LogP contribution in [0.3, 0.4) is 0 Å². The lowest BCUT2D eigenvalue weighted by atomic mass is 10.1. The highest BCUT2D eigenvalue weighted by molar-refractivity contribution is 5.99. The molecule has 0 unspecified atom stereocenters. The van der Waals surface area contributed by atoms with Crippen LogP contribution < -0.4 is 9.64 Å². The molecule has 0 aromatic heterocycles. The van der Waals surface area contributed by atoms with Gasteiger partial charge in [0, 0.05) is 19.0 Å². The van der Waals surface area contributed by atoms with Crippen molar-refractivity contribution in [1.29, 1.82) is 0 Å². The fourth-order valence-electron chi connectivity index (χ4n) is 2.70. The number of rotatable bonds is 5. The first-order valence-electron chi connectivity index (χ1n) is 7.64. The van der Waals surface area contributed by atoms with Gasteiger partial charge >= 0.3 is 5.97 Å². The third kappa shape index (κ3) is 3.76. The summed E-state index contributed by atoms with van der Waals surface area (Å²) in [5, 5.41) is 8.99. The molecular formula is C18H15F2NO4. The standard InChI is InChI=1S/C18H15F2NO4/c19-13-3-1-2-11(6-13)10-25-14-4-5-16(15(20)8-14)21-9-12(18(23)24)7-17(21)22/h1-6,8,12H,7,9-10H2,(H,23,24)/t12-/m0/s1. The Hall–Kier alpha value is -2.96. The summed E-state index contributed by atoms with van der Waals surface area (Å²) >= 11 is 0. The van der Waals surface area contributed by atoms with Gasteiger partial charge < -0.3 is 14.7 Å². The lowest BCUT2D eigenvalue weighted by Crippen LogP contribution is -2.26. The molecule has 1 amide bonds. The van der Waals surface area contributed by atoms with E-state index in [2.05, 4.69) is 0 Å². The van der Waals surface area contributed by atoms with Crippen molar-refractivity contribution in [3.8, 4) is 5.75 Å². The van der Waals surface area contributed by atoms with Crippen LogP contribution >= 0.6 is 0 Å². The number of aliphatic carboxylic acids is 1. The molecule has 5 nitrogen and oxygen atoms in total. The summed E-state index contributed by atoms with van der Waals surface area (Å²) in [4.78, 5) is 24.0. The zero-order valence-electron chi connectivity index (χ0n) is 13.1. The Labute approximate surface area is 142 Å². The smallest absolute Gasteiger partial charge is 0.308 e. The molecule has 3 rings (SSSR count). The highest BCUT2D eigenvalue weighted by Gasteiger charge is 2.36. The van der Waals surface area contributed by atoms with Gasteiger partial charge in [-0.3, -0.25) is 9.59 Å². The van der Waals surface area contributed by atoms with Gasteiger partial charge in [-0.15, -0.1) is 0 Å². The maximum atomic E-state index is 14.3. The lowest BCUT2D eigenvalue weighted by molar-refractivity contribution is -0.141. The Bertz CT molecular complexity index is 824. The van der Waals surface area contributed by atoms with E-state index in [1.165, 1.54) is 24.3 Å². The van der Waals surface area contributed by atoms with Crippen molar-refractivity contribution in [3.05, 3.63) is 59.7 Å². The van der Waals surface area contributed by atoms with Crippen LogP contribution in [-0.4, -0.2) is 23.5 Å². The van der Waals surface area contributed by atoms with E-state index in [0.717, 1.165) is 11.0 Å². The monoisotopic (exact) mass is 347 g/mol. The van der Waals surface area contributed by atoms with Crippen molar-refractivity contribution in [1.82, 2.24) is 0 Å². The van der Waals surface area contributed by atoms with Crippen molar-refractivity contribution in [2.75, 3.05) is 11.4 Å². The Balaban J connectivity index is 1.71. The minimum atomic E-state index is -1.08. The van der Waals surface area contributed by atoms with Gasteiger partial charge in [0.1, 0.15) is 18.2 Å². The summed E-state index contributed by atoms with van der Waals surface area (Å²) in [6, 6.07) is 9.85. The number of hydrogen-bond donors (Lipinski definition) is 1. The van der Waals surface area contributed by atoms with E-state index in [0.29, 0.717) is 5.56 Å². The molecular weight excluding hydrogens is 332 g/mol. The molecule has 130 valence electrons. The summed E-state index contributed by atoms with van der Waals surface area (Å²) in [5.74, 6) is -3.19. The van der Waals surface area contributed by atoms with Crippen molar-refractivity contribution in [2.45, 2.75) is 13.0 Å². The SMILES string of the molecule is O=C(O)[C@H]1CC(=O)N(c2ccc(OCc3cccc(F)c3)cc2F)C1. The number of anilines is 1. The van der Waals surface area contributed by atoms with Crippen molar-refractivity contribution in [3.63, 3.8) is 0 Å². The predicted octanol–water partition coefficient (Wildman–Crippen LogP) is 2.98. The number of hydrogen-bond acceptors (Lipinski definition) is 3. The van der Waals surface area contributed by atoms with Crippen LogP contribution in [-0.2, 0) is 16.2 Å². The minimum Gasteiger partial charge on any atom is -0.489 e. The summed E-state index contributed by atoms with van der Waals surface area (Å²) in [7, 11) is 0. The number of carbonyl (C=O) groups excluding carboxylic acids is 1. The second-order valence-electron chi connectivity index (χ2n) is 5.78. The molecule has 1 atom stereocenters. The van der Waals surface area contributed by atoms with Crippen molar-refractivity contribution in [2.24, 2.45) is 5.92 Å². The van der Waals surface area contributed by atoms with Gasteiger partial charge in [-0.1, -0.05) is 12.1 Å². The van der Waals surface area contributed by atoms with Crippen molar-refractivity contribution >= 4 is 17.6 Å². The van der Waals surface area contributed by atoms with E-state index in [1.807, 2.05) is 0 Å². The van der Waals surface area contributed by atoms with Gasteiger partial charge in [0.05, 0.1) is 11.6 Å². The molecule has 0 bridgehead atoms. The Morgan fingerprint density at radius 2 is 2.04 bits per heavy atom. The van der Waals surface area contributed by atoms with E-state index in [1.54, 1.807) is 12.1 Å². The number of benzene rings is 2. The summed E-state index contributed by atoms with van der Waals surface area (Å²) < 4.78 is 32.9. The molecule has 0 radical (unpaired) electrons. The number of ether oxygens (including phenoxy) is 1. The molecule has 1 fully saturated rings. The lowest BCUT2D eigenvalue weighted by Gasteiger charge is -2.17.